The normalized spacial score (nSPS) is 31.9. The molecule has 0 bridgehead atoms. The van der Waals surface area contributed by atoms with Gasteiger partial charge in [-0.05, 0) is 0 Å². The summed E-state index contributed by atoms with van der Waals surface area (Å²) >= 11 is 0. The van der Waals surface area contributed by atoms with E-state index < -0.39 is 216 Å². The molecule has 434 valence electrons. The van der Waals surface area contributed by atoms with E-state index in [9.17, 15) is 116 Å². The van der Waals surface area contributed by atoms with Crippen molar-refractivity contribution < 1.29 is 195 Å². The SMILES string of the molecule is O=S(=O)(O)OCC1O[C@@H](COS(=O)(=O)O)[C@H](OS(=O)(=O)O)[C@@H]1O[C@H]1O[C@H](CO[C@H]2O[C@@H](COS(=O)(=O)O)[C@H](OS(=O)(=O)O)[C@H](OS(=O)(=O)O)[C@H]2OS(=O)(=O)O)C(OS(=O)(=O)O)[C@H](OS(=O)(=O)O)[C@@H]1OS(=O)(=O)O. The first kappa shape index (κ1) is 65.8. The maximum absolute atomic E-state index is 12.2. The Morgan fingerprint density at radius 2 is 0.493 bits per heavy atom. The molecule has 0 aromatic heterocycles. The van der Waals surface area contributed by atoms with Crippen molar-refractivity contribution in [3.63, 3.8) is 0 Å². The maximum atomic E-state index is 12.2. The van der Waals surface area contributed by atoms with Crippen LogP contribution >= 0.6 is 0 Å². The molecular formula is C18H32O45S10. The maximum Gasteiger partial charge on any atom is 0.397 e. The van der Waals surface area contributed by atoms with E-state index in [0.717, 1.165) is 0 Å². The lowest BCUT2D eigenvalue weighted by Gasteiger charge is -2.46. The van der Waals surface area contributed by atoms with E-state index in [1.165, 1.54) is 0 Å². The van der Waals surface area contributed by atoms with Crippen molar-refractivity contribution in [1.29, 1.82) is 0 Å². The molecule has 14 atom stereocenters. The lowest BCUT2D eigenvalue weighted by atomic mass is 9.98. The Kier molecular flexibility index (Phi) is 21.5. The van der Waals surface area contributed by atoms with Crippen molar-refractivity contribution >= 4 is 104 Å². The largest absolute Gasteiger partial charge is 0.397 e. The first-order chi connectivity index (χ1) is 32.4. The number of rotatable bonds is 28. The summed E-state index contributed by atoms with van der Waals surface area (Å²) in [7, 11) is -60.6. The molecule has 3 heterocycles. The van der Waals surface area contributed by atoms with E-state index in [2.05, 4.69) is 41.8 Å². The molecule has 0 aromatic carbocycles. The molecule has 3 aliphatic rings. The van der Waals surface area contributed by atoms with Crippen molar-refractivity contribution in [2.45, 2.75) is 85.8 Å². The fourth-order valence-electron chi connectivity index (χ4n) is 6.06. The van der Waals surface area contributed by atoms with Gasteiger partial charge in [-0.2, -0.15) is 84.2 Å². The molecule has 3 rings (SSSR count). The highest BCUT2D eigenvalue weighted by atomic mass is 32.3. The monoisotopic (exact) mass is 1290 g/mol. The van der Waals surface area contributed by atoms with Crippen LogP contribution in [0, 0.1) is 0 Å². The van der Waals surface area contributed by atoms with Crippen LogP contribution in [-0.2, 0) is 170 Å². The van der Waals surface area contributed by atoms with Gasteiger partial charge in [-0.15, -0.1) is 0 Å². The molecule has 0 radical (unpaired) electrons. The quantitative estimate of drug-likeness (QED) is 0.0325. The van der Waals surface area contributed by atoms with Gasteiger partial charge in [0.1, 0.15) is 61.0 Å². The van der Waals surface area contributed by atoms with E-state index in [0.29, 0.717) is 0 Å². The Morgan fingerprint density at radius 3 is 0.808 bits per heavy atom. The summed E-state index contributed by atoms with van der Waals surface area (Å²) in [4.78, 5) is 0. The van der Waals surface area contributed by atoms with Crippen LogP contribution in [0.4, 0.5) is 0 Å². The molecular weight excluding hydrogens is 1260 g/mol. The predicted molar refractivity (Wildman–Crippen MR) is 204 cm³/mol. The predicted octanol–water partition coefficient (Wildman–Crippen LogP) is -8.62. The van der Waals surface area contributed by atoms with Gasteiger partial charge in [-0.25, -0.2) is 41.8 Å². The minimum atomic E-state index is -6.35. The van der Waals surface area contributed by atoms with Crippen molar-refractivity contribution in [1.82, 2.24) is 0 Å². The second-order valence-electron chi connectivity index (χ2n) is 13.3. The molecule has 3 saturated heterocycles. The molecule has 0 aliphatic carbocycles. The summed E-state index contributed by atoms with van der Waals surface area (Å²) < 4.78 is 398. The molecule has 0 spiro atoms. The summed E-state index contributed by atoms with van der Waals surface area (Å²) in [5, 5.41) is 0. The zero-order valence-electron chi connectivity index (χ0n) is 33.8. The van der Waals surface area contributed by atoms with Crippen LogP contribution in [0.25, 0.3) is 0 Å². The highest BCUT2D eigenvalue weighted by molar-refractivity contribution is 7.83. The van der Waals surface area contributed by atoms with Gasteiger partial charge in [0.15, 0.2) is 24.8 Å². The summed E-state index contributed by atoms with van der Waals surface area (Å²) in [5.41, 5.74) is 0. The van der Waals surface area contributed by atoms with Crippen molar-refractivity contribution in [3.8, 4) is 0 Å². The topological polar surface area (TPSA) is 682 Å². The first-order valence-electron chi connectivity index (χ1n) is 17.1. The Morgan fingerprint density at radius 1 is 0.260 bits per heavy atom. The molecule has 3 fully saturated rings. The number of hydrogen-bond donors (Lipinski definition) is 10. The molecule has 0 saturated carbocycles. The summed E-state index contributed by atoms with van der Waals surface area (Å²) in [6, 6.07) is 0. The third-order valence-corrected chi connectivity index (χ3v) is 12.6. The summed E-state index contributed by atoms with van der Waals surface area (Å²) in [5.74, 6) is 0. The zero-order valence-corrected chi connectivity index (χ0v) is 41.9. The van der Waals surface area contributed by atoms with E-state index in [1.54, 1.807) is 0 Å². The van der Waals surface area contributed by atoms with Crippen LogP contribution in [0.5, 0.6) is 0 Å². The molecule has 45 nitrogen and oxygen atoms in total. The molecule has 10 N–H and O–H groups in total. The van der Waals surface area contributed by atoms with E-state index in [1.807, 2.05) is 0 Å². The van der Waals surface area contributed by atoms with Gasteiger partial charge in [0.25, 0.3) is 0 Å². The van der Waals surface area contributed by atoms with Gasteiger partial charge in [-0.1, -0.05) is 0 Å². The second kappa shape index (κ2) is 23.8. The number of ether oxygens (including phenoxy) is 5. The molecule has 0 aromatic rings. The van der Waals surface area contributed by atoms with Crippen LogP contribution < -0.4 is 0 Å². The average Bonchev–Trinajstić information content (AvgIpc) is 3.42. The van der Waals surface area contributed by atoms with Crippen LogP contribution in [0.1, 0.15) is 0 Å². The summed E-state index contributed by atoms with van der Waals surface area (Å²) in [6.45, 7) is -7.48. The molecule has 2 unspecified atom stereocenters. The molecule has 3 aliphatic heterocycles. The van der Waals surface area contributed by atoms with Crippen molar-refractivity contribution in [2.24, 2.45) is 0 Å². The minimum absolute atomic E-state index is 1.71. The molecule has 73 heavy (non-hydrogen) atoms. The van der Waals surface area contributed by atoms with Gasteiger partial charge in [0.2, 0.25) is 0 Å². The Bertz CT molecular complexity index is 3090. The van der Waals surface area contributed by atoms with Crippen LogP contribution in [0.15, 0.2) is 0 Å². The highest BCUT2D eigenvalue weighted by Crippen LogP contribution is 2.38. The van der Waals surface area contributed by atoms with E-state index >= 15 is 0 Å². The Balaban J connectivity index is 2.38. The average molecular weight is 1290 g/mol. The minimum Gasteiger partial charge on any atom is -0.364 e. The third-order valence-electron chi connectivity index (χ3n) is 8.08. The van der Waals surface area contributed by atoms with E-state index in [-0.39, 0.29) is 0 Å². The first-order valence-corrected chi connectivity index (χ1v) is 30.7. The van der Waals surface area contributed by atoms with Gasteiger partial charge in [0.05, 0.1) is 26.4 Å². The Hall–Kier alpha value is -1.50. The fraction of sp³-hybridized carbons (Fsp3) is 1.00. The molecule has 55 heteroatoms. The van der Waals surface area contributed by atoms with Gasteiger partial charge >= 0.3 is 104 Å². The standard InChI is InChI=1S/C18H32O45S10/c19-64(20,21)50-2-6-9(10(57-67(28,29)30)7(53-6)3-51-65(22,23)24)56-18-16(63-73(46,47)48)14(61-71(40,41)42)11(58-68(31,32)33)5(55-18)1-49-17-15(62-72(43,44)45)13(60-70(37,38)39)12(59-69(34,35)36)8(54-17)4-52-66(25,26)27/h5-18H,1-4H2,(H,19,20,21)(H,22,23,24)(H,25,26,27)(H,28,29,30)(H,31,32,33)(H,34,35,36)(H,37,38,39)(H,40,41,42)(H,43,44,45)(H,46,47,48)/t5-,6?,7+,8+,9-,10+,11?,12+,13+,14+,15-,16+,17+,18-/m1/s1. The number of hydrogen-bond acceptors (Lipinski definition) is 35. The second-order valence-corrected chi connectivity index (χ2v) is 23.9. The van der Waals surface area contributed by atoms with Crippen LogP contribution in [0.3, 0.4) is 0 Å². The van der Waals surface area contributed by atoms with Gasteiger partial charge in [0, 0.05) is 0 Å². The lowest BCUT2D eigenvalue weighted by Crippen LogP contribution is -2.65. The Labute approximate surface area is 409 Å². The summed E-state index contributed by atoms with van der Waals surface area (Å²) in [6.07, 6.45) is -43.6. The van der Waals surface area contributed by atoms with Crippen LogP contribution in [-0.4, -0.2) is 242 Å². The van der Waals surface area contributed by atoms with Gasteiger partial charge in [-0.3, -0.25) is 45.5 Å². The third kappa shape index (κ3) is 24.4. The fourth-order valence-corrected chi connectivity index (χ4v) is 10.5. The van der Waals surface area contributed by atoms with Crippen molar-refractivity contribution in [3.05, 3.63) is 0 Å². The zero-order chi connectivity index (χ0) is 56.5. The van der Waals surface area contributed by atoms with E-state index in [4.69, 9.17) is 37.3 Å². The van der Waals surface area contributed by atoms with Crippen molar-refractivity contribution in [2.75, 3.05) is 26.4 Å². The molecule has 0 amide bonds. The van der Waals surface area contributed by atoms with Gasteiger partial charge < -0.3 is 23.7 Å². The lowest BCUT2D eigenvalue weighted by molar-refractivity contribution is -0.327. The highest BCUT2D eigenvalue weighted by Gasteiger charge is 2.59. The smallest absolute Gasteiger partial charge is 0.364 e. The van der Waals surface area contributed by atoms with Crippen LogP contribution in [0.2, 0.25) is 0 Å².